The molecular formula is C70H98N10O16. The van der Waals surface area contributed by atoms with Gasteiger partial charge in [-0.25, -0.2) is 19.2 Å². The highest BCUT2D eigenvalue weighted by Gasteiger charge is 2.43. The lowest BCUT2D eigenvalue weighted by Crippen LogP contribution is -2.55. The molecule has 6 amide bonds. The Hall–Kier alpha value is -8.52. The molecule has 2 aromatic carbocycles. The Kier molecular flexibility index (Phi) is 26.8. The summed E-state index contributed by atoms with van der Waals surface area (Å²) in [7, 11) is 5.48. The van der Waals surface area contributed by atoms with Crippen molar-refractivity contribution in [1.29, 1.82) is 0 Å². The molecular weight excluding hydrogens is 1240 g/mol. The van der Waals surface area contributed by atoms with Crippen molar-refractivity contribution in [3.63, 3.8) is 0 Å². The van der Waals surface area contributed by atoms with Gasteiger partial charge in [0.1, 0.15) is 24.2 Å². The van der Waals surface area contributed by atoms with Crippen molar-refractivity contribution < 1.29 is 76.4 Å². The number of amides is 6. The van der Waals surface area contributed by atoms with Crippen LogP contribution < -0.4 is 0 Å². The summed E-state index contributed by atoms with van der Waals surface area (Å²) in [6.07, 6.45) is -0.111. The van der Waals surface area contributed by atoms with Crippen LogP contribution in [0.2, 0.25) is 0 Å². The molecule has 0 saturated carbocycles. The van der Waals surface area contributed by atoms with Crippen LogP contribution in [0.4, 0.5) is 0 Å². The zero-order chi connectivity index (χ0) is 70.2. The molecule has 4 aromatic rings. The molecule has 0 aliphatic carbocycles. The van der Waals surface area contributed by atoms with Crippen molar-refractivity contribution in [2.45, 2.75) is 169 Å². The molecule has 3 fully saturated rings. The fraction of sp³-hybridized carbons (Fsp3) is 0.600. The molecule has 0 radical (unpaired) electrons. The number of ether oxygens (including phenoxy) is 6. The summed E-state index contributed by atoms with van der Waals surface area (Å²) in [5.41, 5.74) is 3.57. The topological polar surface area (TPSA) is 281 Å². The Morgan fingerprint density at radius 2 is 0.688 bits per heavy atom. The van der Waals surface area contributed by atoms with Crippen LogP contribution in [0.3, 0.4) is 0 Å². The summed E-state index contributed by atoms with van der Waals surface area (Å²) >= 11 is 0. The number of carbonyl (C=O) groups excluding carboxylic acids is 10. The van der Waals surface area contributed by atoms with Gasteiger partial charge in [-0.2, -0.15) is 10.2 Å². The van der Waals surface area contributed by atoms with Gasteiger partial charge in [-0.05, 0) is 85.5 Å². The lowest BCUT2D eigenvalue weighted by Gasteiger charge is -2.35. The van der Waals surface area contributed by atoms with E-state index in [0.717, 1.165) is 30.7 Å². The van der Waals surface area contributed by atoms with Crippen molar-refractivity contribution in [3.05, 3.63) is 107 Å². The van der Waals surface area contributed by atoms with Crippen LogP contribution in [0, 0.1) is 23.7 Å². The largest absolute Gasteiger partial charge is 0.451 e. The van der Waals surface area contributed by atoms with Crippen molar-refractivity contribution in [3.8, 4) is 0 Å². The second kappa shape index (κ2) is 34.4. The van der Waals surface area contributed by atoms with Crippen LogP contribution >= 0.6 is 0 Å². The summed E-state index contributed by atoms with van der Waals surface area (Å²) in [6, 6.07) is 8.91. The summed E-state index contributed by atoms with van der Waals surface area (Å²) in [5, 5.41) is 8.84. The van der Waals surface area contributed by atoms with Crippen LogP contribution in [-0.4, -0.2) is 238 Å². The minimum atomic E-state index is -1.60. The molecule has 96 heavy (non-hydrogen) atoms. The summed E-state index contributed by atoms with van der Waals surface area (Å²) < 4.78 is 38.5. The van der Waals surface area contributed by atoms with E-state index in [9.17, 15) is 38.4 Å². The zero-order valence-corrected chi connectivity index (χ0v) is 58.2. The smallest absolute Gasteiger partial charge is 0.329 e. The Morgan fingerprint density at radius 1 is 0.417 bits per heavy atom. The van der Waals surface area contributed by atoms with Gasteiger partial charge >= 0.3 is 23.9 Å². The molecule has 3 aliphatic rings. The molecule has 3 saturated heterocycles. The van der Waals surface area contributed by atoms with Gasteiger partial charge in [0.05, 0.1) is 63.0 Å². The van der Waals surface area contributed by atoms with Gasteiger partial charge in [0.25, 0.3) is 35.4 Å². The van der Waals surface area contributed by atoms with E-state index in [2.05, 4.69) is 10.2 Å². The van der Waals surface area contributed by atoms with Crippen molar-refractivity contribution in [2.24, 2.45) is 23.7 Å². The highest BCUT2D eigenvalue weighted by atomic mass is 16.6. The number of cyclic esters (lactones) is 4. The van der Waals surface area contributed by atoms with E-state index in [1.54, 1.807) is 55.8 Å². The van der Waals surface area contributed by atoms with E-state index in [0.29, 0.717) is 87.9 Å². The zero-order valence-electron chi connectivity index (χ0n) is 58.2. The quantitative estimate of drug-likeness (QED) is 0.0925. The Balaban J connectivity index is 1.20. The molecule has 5 heterocycles. The molecule has 0 spiro atoms. The first kappa shape index (κ1) is 74.9. The molecule has 26 heteroatoms. The van der Waals surface area contributed by atoms with Crippen LogP contribution in [0.25, 0.3) is 0 Å². The second-order valence-corrected chi connectivity index (χ2v) is 27.1. The number of rotatable bonds is 18. The molecule has 3 aliphatic heterocycles. The molecule has 7 rings (SSSR count). The molecule has 0 bridgehead atoms. The molecule has 8 atom stereocenters. The van der Waals surface area contributed by atoms with Gasteiger partial charge in [0.2, 0.25) is 0 Å². The van der Waals surface area contributed by atoms with E-state index < -0.39 is 96.1 Å². The monoisotopic (exact) mass is 1330 g/mol. The van der Waals surface area contributed by atoms with Crippen molar-refractivity contribution >= 4 is 59.3 Å². The van der Waals surface area contributed by atoms with Gasteiger partial charge in [-0.1, -0.05) is 104 Å². The normalized spacial score (nSPS) is 23.2. The number of nitrogens with zero attached hydrogens (tertiary/aromatic N) is 10. The van der Waals surface area contributed by atoms with Crippen LogP contribution in [-0.2, 0) is 92.7 Å². The van der Waals surface area contributed by atoms with E-state index >= 15 is 9.59 Å². The first-order valence-corrected chi connectivity index (χ1v) is 33.3. The summed E-state index contributed by atoms with van der Waals surface area (Å²) in [4.78, 5) is 153. The first-order valence-electron chi connectivity index (χ1n) is 33.3. The Labute approximate surface area is 563 Å². The summed E-state index contributed by atoms with van der Waals surface area (Å²) in [6.45, 7) is 21.7. The van der Waals surface area contributed by atoms with E-state index in [1.165, 1.54) is 54.4 Å². The van der Waals surface area contributed by atoms with E-state index in [1.807, 2.05) is 79.7 Å². The molecule has 0 unspecified atom stereocenters. The minimum Gasteiger partial charge on any atom is -0.451 e. The number of morpholine rings is 2. The number of benzene rings is 2. The highest BCUT2D eigenvalue weighted by Crippen LogP contribution is 2.26. The molecule has 524 valence electrons. The standard InChI is InChI=1S/C70H98N10O16/c1-43(2)31-55-67(87)93-47(9)61(81)73(11)58(34-46(7)8)70(90)96-60(36-50-17-21-52(22-18-50)40-80-42-54(38-72-80)64(84)78-25-29-92-30-26-78)66(86)76(14)56(32-44(3)4)68(88)94-48(10)62(82)74(12)57(33-45(5)6)69(89)95-59(65(85)75(55)13)35-49-15-19-51(20-16-49)39-79-41-53(37-71-79)63(83)77-23-27-91-28-24-77/h15-22,37-38,41-48,55-60H,23-36,39-40H2,1-14H3/t47-,48-,55+,56+,57+,58+,59-,60-/m1/s1. The number of hydrogen-bond donors (Lipinski definition) is 0. The van der Waals surface area contributed by atoms with Crippen LogP contribution in [0.1, 0.15) is 138 Å². The Morgan fingerprint density at radius 3 is 0.979 bits per heavy atom. The number of likely N-dealkylation sites (N-methyl/N-ethyl adjacent to an activating group) is 4. The predicted octanol–water partition coefficient (Wildman–Crippen LogP) is 5.10. The van der Waals surface area contributed by atoms with Gasteiger partial charge < -0.3 is 57.8 Å². The molecule has 2 aromatic heterocycles. The SMILES string of the molecule is CC(C)C[C@H]1C(=O)O[C@H](Cc2ccc(Cn3cc(C(=O)N4CCOCC4)cn3)cc2)C(=O)N(C)[C@@H](CC(C)C)C(=O)O[C@H](C)C(=O)N(C)[C@@H](CC(C)C)C(=O)O[C@H](Cc2ccc(Cn3cc(C(=O)N4CCOCC4)cn3)cc2)C(=O)N(C)[C@@H](CC(C)C)C(=O)O[C@H](C)C(=O)N1C. The van der Waals surface area contributed by atoms with Gasteiger partial charge in [0.15, 0.2) is 24.4 Å². The second-order valence-electron chi connectivity index (χ2n) is 27.1. The molecule has 26 nitrogen and oxygen atoms in total. The Bertz CT molecular complexity index is 3100. The lowest BCUT2D eigenvalue weighted by molar-refractivity contribution is -0.176. The van der Waals surface area contributed by atoms with Crippen LogP contribution in [0.5, 0.6) is 0 Å². The van der Waals surface area contributed by atoms with Crippen molar-refractivity contribution in [2.75, 3.05) is 80.8 Å². The van der Waals surface area contributed by atoms with E-state index in [-0.39, 0.29) is 74.0 Å². The van der Waals surface area contributed by atoms with E-state index in [4.69, 9.17) is 28.4 Å². The summed E-state index contributed by atoms with van der Waals surface area (Å²) in [5.74, 6) is -8.21. The number of esters is 4. The average Bonchev–Trinajstić information content (AvgIpc) is 1.09. The van der Waals surface area contributed by atoms with Crippen LogP contribution in [0.15, 0.2) is 73.3 Å². The highest BCUT2D eigenvalue weighted by molar-refractivity contribution is 5.96. The number of hydrogen-bond acceptors (Lipinski definition) is 18. The number of carbonyl (C=O) groups is 10. The average molecular weight is 1340 g/mol. The third-order valence-electron chi connectivity index (χ3n) is 17.4. The maximum absolute atomic E-state index is 15.2. The van der Waals surface area contributed by atoms with Crippen molar-refractivity contribution in [1.82, 2.24) is 49.0 Å². The van der Waals surface area contributed by atoms with Gasteiger partial charge in [-0.3, -0.25) is 38.1 Å². The maximum atomic E-state index is 15.2. The maximum Gasteiger partial charge on any atom is 0.329 e. The fourth-order valence-corrected chi connectivity index (χ4v) is 11.9. The predicted molar refractivity (Wildman–Crippen MR) is 351 cm³/mol. The lowest BCUT2D eigenvalue weighted by atomic mass is 9.99. The third-order valence-corrected chi connectivity index (χ3v) is 17.4. The fourth-order valence-electron chi connectivity index (χ4n) is 11.9. The van der Waals surface area contributed by atoms with Gasteiger partial charge in [-0.15, -0.1) is 0 Å². The number of aromatic nitrogens is 4. The minimum absolute atomic E-state index is 0.0419. The first-order chi connectivity index (χ1) is 45.5. The molecule has 0 N–H and O–H groups in total. The van der Waals surface area contributed by atoms with Gasteiger partial charge in [0, 0.05) is 79.6 Å². The third kappa shape index (κ3) is 20.3.